The third-order valence-electron chi connectivity index (χ3n) is 5.12. The number of ether oxygens (including phenoxy) is 2. The number of aromatic nitrogens is 2. The van der Waals surface area contributed by atoms with Crippen LogP contribution in [0.3, 0.4) is 0 Å². The molecule has 0 aliphatic carbocycles. The maximum atomic E-state index is 13.3. The number of amides is 1. The van der Waals surface area contributed by atoms with Crippen LogP contribution in [-0.2, 0) is 16.2 Å². The van der Waals surface area contributed by atoms with Gasteiger partial charge in [-0.3, -0.25) is 4.79 Å². The summed E-state index contributed by atoms with van der Waals surface area (Å²) in [4.78, 5) is 31.7. The van der Waals surface area contributed by atoms with Crippen molar-refractivity contribution in [2.45, 2.75) is 39.0 Å². The van der Waals surface area contributed by atoms with Gasteiger partial charge in [0.15, 0.2) is 0 Å². The number of anilines is 1. The third kappa shape index (κ3) is 6.98. The first-order valence-corrected chi connectivity index (χ1v) is 11.5. The van der Waals surface area contributed by atoms with Gasteiger partial charge in [0.05, 0.1) is 31.5 Å². The molecule has 34 heavy (non-hydrogen) atoms. The predicted octanol–water partition coefficient (Wildman–Crippen LogP) is 1.76. The van der Waals surface area contributed by atoms with Gasteiger partial charge in [-0.25, -0.2) is 0 Å². The Kier molecular flexibility index (Phi) is 8.58. The van der Waals surface area contributed by atoms with Gasteiger partial charge in [-0.2, -0.15) is 4.37 Å². The summed E-state index contributed by atoms with van der Waals surface area (Å²) in [5.41, 5.74) is 0.227. The van der Waals surface area contributed by atoms with Crippen molar-refractivity contribution in [3.63, 3.8) is 0 Å². The number of carbonyl (C=O) groups excluding carboxylic acids is 1. The summed E-state index contributed by atoms with van der Waals surface area (Å²) < 4.78 is 19.6. The predicted molar refractivity (Wildman–Crippen MR) is 123 cm³/mol. The van der Waals surface area contributed by atoms with Crippen molar-refractivity contribution in [3.05, 3.63) is 45.5 Å². The van der Waals surface area contributed by atoms with E-state index in [2.05, 4.69) is 13.6 Å². The van der Waals surface area contributed by atoms with Gasteiger partial charge in [-0.15, -0.1) is 14.5 Å². The first kappa shape index (κ1) is 25.6. The number of aliphatic hydroxyl groups excluding tert-OH is 1. The maximum absolute atomic E-state index is 13.3. The van der Waals surface area contributed by atoms with E-state index in [9.17, 15) is 20.0 Å². The number of rotatable bonds is 10. The number of aliphatic hydroxyl groups is 1. The fourth-order valence-electron chi connectivity index (χ4n) is 3.41. The quantitative estimate of drug-likeness (QED) is 0.383. The zero-order chi connectivity index (χ0) is 24.7. The fraction of sp³-hybridized carbons (Fsp3) is 0.571. The standard InChI is InChI=1S/C21H29N5O7S/c1-21(2,3)25(20(28)16-6-4-5-15(11-16)13-33-26(29)30)12-17(27)14-32-19-18(22-34-23-19)24-7-9-31-10-8-24/h4-6,11,17,27H,7-10,12-14H2,1-3H3. The molecule has 1 aromatic carbocycles. The van der Waals surface area contributed by atoms with Crippen molar-refractivity contribution < 1.29 is 29.3 Å². The summed E-state index contributed by atoms with van der Waals surface area (Å²) in [7, 11) is 0. The van der Waals surface area contributed by atoms with Crippen molar-refractivity contribution >= 4 is 23.5 Å². The van der Waals surface area contributed by atoms with Crippen molar-refractivity contribution in [1.82, 2.24) is 13.6 Å². The largest absolute Gasteiger partial charge is 0.472 e. The number of β-amino-alcohol motifs (C(OH)–C–C–N with tert-alkyl or cyclic N) is 1. The molecule has 1 N–H and O–H groups in total. The van der Waals surface area contributed by atoms with Crippen molar-refractivity contribution in [1.29, 1.82) is 0 Å². The topological polar surface area (TPSA) is 140 Å². The summed E-state index contributed by atoms with van der Waals surface area (Å²) in [6, 6.07) is 6.44. The number of carbonyl (C=O) groups is 1. The lowest BCUT2D eigenvalue weighted by Gasteiger charge is -2.37. The van der Waals surface area contributed by atoms with Crippen LogP contribution in [0.1, 0.15) is 36.7 Å². The second kappa shape index (κ2) is 11.4. The zero-order valence-electron chi connectivity index (χ0n) is 19.4. The van der Waals surface area contributed by atoms with E-state index in [1.54, 1.807) is 24.3 Å². The van der Waals surface area contributed by atoms with Crippen LogP contribution in [-0.4, -0.2) is 80.8 Å². The highest BCUT2D eigenvalue weighted by atomic mass is 32.1. The van der Waals surface area contributed by atoms with Gasteiger partial charge in [0.25, 0.3) is 16.9 Å². The summed E-state index contributed by atoms with van der Waals surface area (Å²) in [5, 5.41) is 20.3. The van der Waals surface area contributed by atoms with Crippen LogP contribution in [0.2, 0.25) is 0 Å². The molecule has 1 aromatic heterocycles. The number of hydrogen-bond acceptors (Lipinski definition) is 11. The molecule has 1 saturated heterocycles. The Balaban J connectivity index is 1.64. The average molecular weight is 496 g/mol. The lowest BCUT2D eigenvalue weighted by molar-refractivity contribution is -0.763. The number of hydrogen-bond donors (Lipinski definition) is 1. The Morgan fingerprint density at radius 2 is 2.09 bits per heavy atom. The molecule has 1 aliphatic rings. The molecule has 0 spiro atoms. The highest BCUT2D eigenvalue weighted by molar-refractivity contribution is 6.99. The van der Waals surface area contributed by atoms with Crippen LogP contribution in [0.25, 0.3) is 0 Å². The van der Waals surface area contributed by atoms with Crippen LogP contribution in [0.15, 0.2) is 24.3 Å². The van der Waals surface area contributed by atoms with E-state index >= 15 is 0 Å². The Bertz CT molecular complexity index is 974. The van der Waals surface area contributed by atoms with Crippen LogP contribution < -0.4 is 9.64 Å². The molecular formula is C21H29N5O7S. The van der Waals surface area contributed by atoms with E-state index in [0.717, 1.165) is 11.7 Å². The molecule has 1 amide bonds. The summed E-state index contributed by atoms with van der Waals surface area (Å²) in [5.74, 6) is 0.648. The molecule has 2 heterocycles. The molecule has 1 unspecified atom stereocenters. The van der Waals surface area contributed by atoms with Gasteiger partial charge in [0, 0.05) is 24.2 Å². The van der Waals surface area contributed by atoms with E-state index in [1.165, 1.54) is 4.90 Å². The lowest BCUT2D eigenvalue weighted by atomic mass is 10.0. The van der Waals surface area contributed by atoms with E-state index in [4.69, 9.17) is 9.47 Å². The summed E-state index contributed by atoms with van der Waals surface area (Å²) >= 11 is 1.03. The molecule has 1 atom stereocenters. The van der Waals surface area contributed by atoms with Crippen molar-refractivity contribution in [2.75, 3.05) is 44.4 Å². The second-order valence-corrected chi connectivity index (χ2v) is 9.27. The second-order valence-electron chi connectivity index (χ2n) is 8.74. The van der Waals surface area contributed by atoms with E-state index in [-0.39, 0.29) is 25.7 Å². The van der Waals surface area contributed by atoms with E-state index in [1.807, 2.05) is 25.7 Å². The smallest absolute Gasteiger partial charge is 0.294 e. The van der Waals surface area contributed by atoms with Crippen LogP contribution in [0.5, 0.6) is 5.88 Å². The molecule has 1 fully saturated rings. The minimum atomic E-state index is -0.983. The molecule has 3 rings (SSSR count). The Morgan fingerprint density at radius 3 is 2.76 bits per heavy atom. The first-order chi connectivity index (χ1) is 16.1. The van der Waals surface area contributed by atoms with Gasteiger partial charge in [0.2, 0.25) is 5.82 Å². The van der Waals surface area contributed by atoms with Gasteiger partial charge < -0.3 is 29.2 Å². The van der Waals surface area contributed by atoms with Gasteiger partial charge in [0.1, 0.15) is 19.3 Å². The van der Waals surface area contributed by atoms with Crippen LogP contribution in [0, 0.1) is 10.1 Å². The fourth-order valence-corrected chi connectivity index (χ4v) is 3.93. The van der Waals surface area contributed by atoms with E-state index in [0.29, 0.717) is 49.1 Å². The molecular weight excluding hydrogens is 466 g/mol. The summed E-state index contributed by atoms with van der Waals surface area (Å²) in [6.07, 6.45) is -0.983. The number of nitrogens with zero attached hydrogens (tertiary/aromatic N) is 5. The SMILES string of the molecule is CC(C)(C)N(CC(O)COc1nsnc1N1CCOCC1)C(=O)c1cccc(CO[N+](=O)[O-])c1. The molecule has 13 heteroatoms. The molecule has 0 bridgehead atoms. The Labute approximate surface area is 201 Å². The van der Waals surface area contributed by atoms with Crippen LogP contribution in [0.4, 0.5) is 5.82 Å². The lowest BCUT2D eigenvalue weighted by Crippen LogP contribution is -2.50. The molecule has 0 saturated carbocycles. The molecule has 12 nitrogen and oxygen atoms in total. The first-order valence-electron chi connectivity index (χ1n) is 10.8. The number of morpholine rings is 1. The maximum Gasteiger partial charge on any atom is 0.294 e. The normalized spacial score (nSPS) is 15.0. The molecule has 186 valence electrons. The van der Waals surface area contributed by atoms with Crippen molar-refractivity contribution in [3.8, 4) is 5.88 Å². The van der Waals surface area contributed by atoms with E-state index < -0.39 is 16.7 Å². The van der Waals surface area contributed by atoms with Crippen molar-refractivity contribution in [2.24, 2.45) is 0 Å². The monoisotopic (exact) mass is 495 g/mol. The highest BCUT2D eigenvalue weighted by Crippen LogP contribution is 2.26. The van der Waals surface area contributed by atoms with Gasteiger partial charge >= 0.3 is 0 Å². The highest BCUT2D eigenvalue weighted by Gasteiger charge is 2.30. The molecule has 0 radical (unpaired) electrons. The number of benzene rings is 1. The molecule has 2 aromatic rings. The van der Waals surface area contributed by atoms with Crippen LogP contribution >= 0.6 is 11.7 Å². The molecule has 1 aliphatic heterocycles. The Morgan fingerprint density at radius 1 is 1.35 bits per heavy atom. The zero-order valence-corrected chi connectivity index (χ0v) is 20.2. The summed E-state index contributed by atoms with van der Waals surface area (Å²) in [6.45, 7) is 7.83. The van der Waals surface area contributed by atoms with Gasteiger partial charge in [-0.05, 0) is 38.5 Å². The minimum absolute atomic E-state index is 0.0163. The average Bonchev–Trinajstić information content (AvgIpc) is 3.28. The third-order valence-corrected chi connectivity index (χ3v) is 5.63. The Hall–Kier alpha value is -3.03. The minimum Gasteiger partial charge on any atom is -0.472 e. The van der Waals surface area contributed by atoms with Gasteiger partial charge in [-0.1, -0.05) is 12.1 Å².